The van der Waals surface area contributed by atoms with Crippen LogP contribution in [0.5, 0.6) is 0 Å². The van der Waals surface area contributed by atoms with Crippen LogP contribution >= 0.6 is 0 Å². The highest BCUT2D eigenvalue weighted by Gasteiger charge is 2.25. The number of anilines is 1. The van der Waals surface area contributed by atoms with E-state index < -0.39 is 5.82 Å². The van der Waals surface area contributed by atoms with Crippen molar-refractivity contribution in [3.05, 3.63) is 29.6 Å². The van der Waals surface area contributed by atoms with Gasteiger partial charge in [0.25, 0.3) is 5.91 Å². The first-order valence-corrected chi connectivity index (χ1v) is 6.99. The van der Waals surface area contributed by atoms with Crippen LogP contribution in [0.15, 0.2) is 18.2 Å². The smallest absolute Gasteiger partial charge is 0.254 e. The van der Waals surface area contributed by atoms with E-state index in [2.05, 4.69) is 6.92 Å². The molecule has 0 radical (unpaired) electrons. The fraction of sp³-hybridized carbons (Fsp3) is 0.533. The quantitative estimate of drug-likeness (QED) is 0.834. The van der Waals surface area contributed by atoms with Crippen molar-refractivity contribution in [2.75, 3.05) is 12.3 Å². The van der Waals surface area contributed by atoms with Crippen molar-refractivity contribution >= 4 is 11.6 Å². The van der Waals surface area contributed by atoms with Crippen LogP contribution in [-0.4, -0.2) is 23.4 Å². The molecular weight excluding hydrogens is 243 g/mol. The van der Waals surface area contributed by atoms with Gasteiger partial charge in [-0.3, -0.25) is 4.79 Å². The molecule has 1 heterocycles. The summed E-state index contributed by atoms with van der Waals surface area (Å²) in [5, 5.41) is 0. The number of halogens is 1. The molecule has 1 saturated heterocycles. The molecule has 1 aliphatic rings. The van der Waals surface area contributed by atoms with E-state index in [1.165, 1.54) is 18.6 Å². The van der Waals surface area contributed by atoms with Crippen LogP contribution in [0.3, 0.4) is 0 Å². The van der Waals surface area contributed by atoms with Gasteiger partial charge in [-0.05, 0) is 37.5 Å². The van der Waals surface area contributed by atoms with Gasteiger partial charge in [-0.15, -0.1) is 0 Å². The number of nitrogen functional groups attached to an aromatic ring is 1. The molecule has 1 unspecified atom stereocenters. The Kier molecular flexibility index (Phi) is 4.40. The molecule has 0 spiro atoms. The third-order valence-electron chi connectivity index (χ3n) is 3.86. The minimum absolute atomic E-state index is 0.0762. The Morgan fingerprint density at radius 1 is 1.42 bits per heavy atom. The van der Waals surface area contributed by atoms with Gasteiger partial charge in [0.05, 0.1) is 5.69 Å². The van der Waals surface area contributed by atoms with Crippen LogP contribution in [0.25, 0.3) is 0 Å². The van der Waals surface area contributed by atoms with Crippen LogP contribution < -0.4 is 5.73 Å². The zero-order valence-electron chi connectivity index (χ0n) is 11.4. The highest BCUT2D eigenvalue weighted by molar-refractivity contribution is 5.94. The van der Waals surface area contributed by atoms with Crippen LogP contribution in [-0.2, 0) is 0 Å². The molecule has 3 nitrogen and oxygen atoms in total. The Morgan fingerprint density at radius 3 is 2.89 bits per heavy atom. The number of benzene rings is 1. The Bertz CT molecular complexity index is 461. The lowest BCUT2D eigenvalue weighted by Gasteiger charge is -2.29. The topological polar surface area (TPSA) is 46.3 Å². The summed E-state index contributed by atoms with van der Waals surface area (Å²) in [6.45, 7) is 2.86. The second-order valence-electron chi connectivity index (χ2n) is 5.15. The zero-order chi connectivity index (χ0) is 13.8. The van der Waals surface area contributed by atoms with Crippen molar-refractivity contribution in [2.45, 2.75) is 45.1 Å². The number of likely N-dealkylation sites (tertiary alicyclic amines) is 1. The largest absolute Gasteiger partial charge is 0.396 e. The third-order valence-corrected chi connectivity index (χ3v) is 3.86. The fourth-order valence-corrected chi connectivity index (χ4v) is 2.70. The number of nitrogens with zero attached hydrogens (tertiary/aromatic N) is 1. The maximum atomic E-state index is 13.5. The lowest BCUT2D eigenvalue weighted by Crippen LogP contribution is -2.39. The van der Waals surface area contributed by atoms with Gasteiger partial charge in [0.2, 0.25) is 0 Å². The van der Waals surface area contributed by atoms with Crippen LogP contribution in [0.4, 0.5) is 10.1 Å². The fourth-order valence-electron chi connectivity index (χ4n) is 2.70. The molecule has 104 valence electrons. The molecule has 1 aliphatic heterocycles. The first kappa shape index (κ1) is 13.8. The minimum Gasteiger partial charge on any atom is -0.396 e. The molecule has 1 atom stereocenters. The molecule has 2 N–H and O–H groups in total. The Hall–Kier alpha value is -1.58. The number of hydrogen-bond donors (Lipinski definition) is 1. The maximum absolute atomic E-state index is 13.5. The van der Waals surface area contributed by atoms with Gasteiger partial charge in [0, 0.05) is 18.2 Å². The molecule has 1 fully saturated rings. The Labute approximate surface area is 113 Å². The monoisotopic (exact) mass is 264 g/mol. The van der Waals surface area contributed by atoms with Crippen molar-refractivity contribution in [1.29, 1.82) is 0 Å². The summed E-state index contributed by atoms with van der Waals surface area (Å²) in [5.74, 6) is -0.596. The molecule has 1 aromatic carbocycles. The average Bonchev–Trinajstić information content (AvgIpc) is 2.66. The minimum atomic E-state index is -0.520. The van der Waals surface area contributed by atoms with Crippen molar-refractivity contribution in [3.63, 3.8) is 0 Å². The number of amides is 1. The van der Waals surface area contributed by atoms with Crippen LogP contribution in [0, 0.1) is 5.82 Å². The van der Waals surface area contributed by atoms with Gasteiger partial charge in [0.15, 0.2) is 0 Å². The molecule has 0 aliphatic carbocycles. The van der Waals surface area contributed by atoms with Crippen molar-refractivity contribution in [3.8, 4) is 0 Å². The molecule has 1 amide bonds. The molecule has 19 heavy (non-hydrogen) atoms. The second kappa shape index (κ2) is 6.04. The summed E-state index contributed by atoms with van der Waals surface area (Å²) in [6, 6.07) is 4.59. The standard InChI is InChI=1S/C15H21FN2O/c1-2-12-6-4-3-5-9-18(12)15(19)11-7-8-14(17)13(16)10-11/h7-8,10,12H,2-6,9,17H2,1H3. The Balaban J connectivity index is 2.22. The van der Waals surface area contributed by atoms with Crippen molar-refractivity contribution in [1.82, 2.24) is 4.90 Å². The van der Waals surface area contributed by atoms with Gasteiger partial charge in [-0.1, -0.05) is 19.8 Å². The van der Waals surface area contributed by atoms with Gasteiger partial charge in [-0.25, -0.2) is 4.39 Å². The molecule has 2 rings (SSSR count). The number of carbonyl (C=O) groups excluding carboxylic acids is 1. The molecule has 0 saturated carbocycles. The lowest BCUT2D eigenvalue weighted by atomic mass is 10.1. The summed E-state index contributed by atoms with van der Waals surface area (Å²) >= 11 is 0. The normalized spacial score (nSPS) is 20.1. The molecule has 0 bridgehead atoms. The number of rotatable bonds is 2. The molecule has 1 aromatic rings. The Morgan fingerprint density at radius 2 is 2.21 bits per heavy atom. The van der Waals surface area contributed by atoms with Crippen molar-refractivity contribution < 1.29 is 9.18 Å². The first-order valence-electron chi connectivity index (χ1n) is 6.99. The summed E-state index contributed by atoms with van der Waals surface area (Å²) in [7, 11) is 0. The second-order valence-corrected chi connectivity index (χ2v) is 5.15. The lowest BCUT2D eigenvalue weighted by molar-refractivity contribution is 0.0678. The average molecular weight is 264 g/mol. The molecule has 0 aromatic heterocycles. The van der Waals surface area contributed by atoms with E-state index in [9.17, 15) is 9.18 Å². The molecular formula is C15H21FN2O. The van der Waals surface area contributed by atoms with E-state index in [-0.39, 0.29) is 17.6 Å². The number of carbonyl (C=O) groups is 1. The van der Waals surface area contributed by atoms with Crippen molar-refractivity contribution in [2.24, 2.45) is 0 Å². The predicted octanol–water partition coefficient (Wildman–Crippen LogP) is 3.20. The number of hydrogen-bond acceptors (Lipinski definition) is 2. The van der Waals surface area contributed by atoms with E-state index in [1.54, 1.807) is 6.07 Å². The van der Waals surface area contributed by atoms with E-state index in [0.29, 0.717) is 5.56 Å². The summed E-state index contributed by atoms with van der Waals surface area (Å²) < 4.78 is 13.5. The van der Waals surface area contributed by atoms with E-state index in [0.717, 1.165) is 32.2 Å². The van der Waals surface area contributed by atoms with E-state index >= 15 is 0 Å². The first-order chi connectivity index (χ1) is 9.13. The summed E-state index contributed by atoms with van der Waals surface area (Å²) in [4.78, 5) is 14.4. The van der Waals surface area contributed by atoms with Gasteiger partial charge in [0.1, 0.15) is 5.82 Å². The van der Waals surface area contributed by atoms with Gasteiger partial charge < -0.3 is 10.6 Å². The van der Waals surface area contributed by atoms with E-state index in [4.69, 9.17) is 5.73 Å². The third kappa shape index (κ3) is 3.06. The highest BCUT2D eigenvalue weighted by atomic mass is 19.1. The summed E-state index contributed by atoms with van der Waals surface area (Å²) in [6.07, 6.45) is 5.34. The molecule has 4 heteroatoms. The van der Waals surface area contributed by atoms with Crippen LogP contribution in [0.1, 0.15) is 49.4 Å². The zero-order valence-corrected chi connectivity index (χ0v) is 11.4. The highest BCUT2D eigenvalue weighted by Crippen LogP contribution is 2.22. The number of nitrogens with two attached hydrogens (primary N) is 1. The van der Waals surface area contributed by atoms with Crippen LogP contribution in [0.2, 0.25) is 0 Å². The van der Waals surface area contributed by atoms with E-state index in [1.807, 2.05) is 4.90 Å². The van der Waals surface area contributed by atoms with Gasteiger partial charge >= 0.3 is 0 Å². The van der Waals surface area contributed by atoms with Gasteiger partial charge in [-0.2, -0.15) is 0 Å². The SMILES string of the molecule is CCC1CCCCCN1C(=O)c1ccc(N)c(F)c1. The maximum Gasteiger partial charge on any atom is 0.254 e. The predicted molar refractivity (Wildman–Crippen MR) is 74.4 cm³/mol. The summed E-state index contributed by atoms with van der Waals surface area (Å²) in [5.41, 5.74) is 5.92.